The normalized spacial score (nSPS) is 14.8. The zero-order valence-corrected chi connectivity index (χ0v) is 24.3. The molecule has 9 heteroatoms. The molecule has 0 aliphatic heterocycles. The number of rotatable bonds is 14. The van der Waals surface area contributed by atoms with Crippen molar-refractivity contribution in [3.8, 4) is 5.75 Å². The lowest BCUT2D eigenvalue weighted by molar-refractivity contribution is -0.140. The van der Waals surface area contributed by atoms with Gasteiger partial charge >= 0.3 is 0 Å². The molecular formula is C30H43N3O5S. The summed E-state index contributed by atoms with van der Waals surface area (Å²) in [5, 5.41) is 3.15. The third-order valence-electron chi connectivity index (χ3n) is 7.19. The van der Waals surface area contributed by atoms with Crippen LogP contribution in [0.2, 0.25) is 0 Å². The van der Waals surface area contributed by atoms with Crippen LogP contribution in [0.25, 0.3) is 0 Å². The molecule has 39 heavy (non-hydrogen) atoms. The SMILES string of the molecule is CCOc1ccc(N(CCCC(=O)N(CCc2ccccc2)C(C)C(=O)NC2CCCCC2)S(C)(=O)=O)cc1. The summed E-state index contributed by atoms with van der Waals surface area (Å²) >= 11 is 0. The Hall–Kier alpha value is -3.07. The van der Waals surface area contributed by atoms with Crippen LogP contribution >= 0.6 is 0 Å². The molecule has 0 radical (unpaired) electrons. The number of nitrogens with zero attached hydrogens (tertiary/aromatic N) is 2. The van der Waals surface area contributed by atoms with E-state index < -0.39 is 16.1 Å². The molecule has 0 heterocycles. The molecule has 0 saturated heterocycles. The first kappa shape index (κ1) is 30.5. The van der Waals surface area contributed by atoms with Crippen molar-refractivity contribution in [3.63, 3.8) is 0 Å². The number of anilines is 1. The van der Waals surface area contributed by atoms with Gasteiger partial charge in [-0.2, -0.15) is 0 Å². The van der Waals surface area contributed by atoms with Crippen LogP contribution in [0.5, 0.6) is 5.75 Å². The summed E-state index contributed by atoms with van der Waals surface area (Å²) in [5.41, 5.74) is 1.61. The van der Waals surface area contributed by atoms with Gasteiger partial charge in [0.1, 0.15) is 11.8 Å². The Morgan fingerprint density at radius 2 is 1.67 bits per heavy atom. The Morgan fingerprint density at radius 3 is 2.28 bits per heavy atom. The van der Waals surface area contributed by atoms with Gasteiger partial charge in [-0.1, -0.05) is 49.6 Å². The number of benzene rings is 2. The van der Waals surface area contributed by atoms with Crippen molar-refractivity contribution in [2.24, 2.45) is 0 Å². The van der Waals surface area contributed by atoms with Crippen LogP contribution in [0, 0.1) is 0 Å². The highest BCUT2D eigenvalue weighted by Gasteiger charge is 2.28. The van der Waals surface area contributed by atoms with Crippen LogP contribution in [0.1, 0.15) is 64.4 Å². The summed E-state index contributed by atoms with van der Waals surface area (Å²) < 4.78 is 31.9. The molecule has 1 unspecified atom stereocenters. The highest BCUT2D eigenvalue weighted by molar-refractivity contribution is 7.92. The van der Waals surface area contributed by atoms with Gasteiger partial charge in [-0.15, -0.1) is 0 Å². The van der Waals surface area contributed by atoms with Crippen LogP contribution < -0.4 is 14.4 Å². The van der Waals surface area contributed by atoms with E-state index in [0.717, 1.165) is 37.5 Å². The molecule has 0 aromatic heterocycles. The second-order valence-corrected chi connectivity index (χ2v) is 12.1. The van der Waals surface area contributed by atoms with E-state index >= 15 is 0 Å². The fraction of sp³-hybridized carbons (Fsp3) is 0.533. The lowest BCUT2D eigenvalue weighted by Gasteiger charge is -2.31. The van der Waals surface area contributed by atoms with E-state index in [0.29, 0.717) is 37.4 Å². The average molecular weight is 558 g/mol. The maximum Gasteiger partial charge on any atom is 0.242 e. The number of amides is 2. The Kier molecular flexibility index (Phi) is 11.7. The summed E-state index contributed by atoms with van der Waals surface area (Å²) in [4.78, 5) is 28.2. The van der Waals surface area contributed by atoms with Crippen LogP contribution in [-0.4, -0.2) is 63.2 Å². The first-order valence-corrected chi connectivity index (χ1v) is 15.9. The standard InChI is InChI=1S/C30H43N3O5S/c1-4-38-28-19-17-27(18-20-28)33(39(3,36)37)22-11-16-29(34)32(23-21-25-12-7-5-8-13-25)24(2)30(35)31-26-14-9-6-10-15-26/h5,7-8,12-13,17-20,24,26H,4,6,9-11,14-16,21-23H2,1-3H3,(H,31,35). The minimum Gasteiger partial charge on any atom is -0.494 e. The molecule has 2 aromatic carbocycles. The molecule has 1 saturated carbocycles. The summed E-state index contributed by atoms with van der Waals surface area (Å²) in [7, 11) is -3.55. The van der Waals surface area contributed by atoms with Crippen molar-refractivity contribution in [2.75, 3.05) is 30.3 Å². The van der Waals surface area contributed by atoms with Crippen molar-refractivity contribution in [2.45, 2.75) is 77.3 Å². The fourth-order valence-electron chi connectivity index (χ4n) is 5.02. The number of nitrogens with one attached hydrogen (secondary N) is 1. The fourth-order valence-corrected chi connectivity index (χ4v) is 5.98. The molecule has 1 aliphatic carbocycles. The Labute approximate surface area is 233 Å². The van der Waals surface area contributed by atoms with Crippen LogP contribution in [0.4, 0.5) is 5.69 Å². The molecule has 1 fully saturated rings. The molecule has 3 rings (SSSR count). The van der Waals surface area contributed by atoms with Crippen molar-refractivity contribution in [1.29, 1.82) is 0 Å². The smallest absolute Gasteiger partial charge is 0.242 e. The summed E-state index contributed by atoms with van der Waals surface area (Å²) in [6.45, 7) is 4.76. The molecule has 0 spiro atoms. The zero-order chi connectivity index (χ0) is 28.3. The number of hydrogen-bond donors (Lipinski definition) is 1. The lowest BCUT2D eigenvalue weighted by atomic mass is 9.95. The first-order chi connectivity index (χ1) is 18.7. The minimum absolute atomic E-state index is 0.129. The summed E-state index contributed by atoms with van der Waals surface area (Å²) in [5.74, 6) is 0.382. The number of hydrogen-bond acceptors (Lipinski definition) is 5. The number of sulfonamides is 1. The highest BCUT2D eigenvalue weighted by atomic mass is 32.2. The van der Waals surface area contributed by atoms with Crippen molar-refractivity contribution < 1.29 is 22.7 Å². The van der Waals surface area contributed by atoms with Crippen LogP contribution in [-0.2, 0) is 26.0 Å². The topological polar surface area (TPSA) is 96.0 Å². The molecular weight excluding hydrogens is 514 g/mol. The van der Waals surface area contributed by atoms with Gasteiger partial charge in [-0.25, -0.2) is 8.42 Å². The van der Waals surface area contributed by atoms with E-state index in [1.807, 2.05) is 37.3 Å². The molecule has 1 N–H and O–H groups in total. The molecule has 2 amide bonds. The van der Waals surface area contributed by atoms with E-state index in [-0.39, 0.29) is 30.8 Å². The van der Waals surface area contributed by atoms with Crippen LogP contribution in [0.3, 0.4) is 0 Å². The zero-order valence-electron chi connectivity index (χ0n) is 23.5. The minimum atomic E-state index is -3.55. The van der Waals surface area contributed by atoms with E-state index in [1.165, 1.54) is 10.7 Å². The van der Waals surface area contributed by atoms with Gasteiger partial charge in [0.15, 0.2) is 0 Å². The number of carbonyl (C=O) groups is 2. The Bertz CT molecular complexity index is 1150. The third-order valence-corrected chi connectivity index (χ3v) is 8.39. The second-order valence-electron chi connectivity index (χ2n) is 10.2. The predicted molar refractivity (Wildman–Crippen MR) is 155 cm³/mol. The molecule has 2 aromatic rings. The maximum atomic E-state index is 13.4. The monoisotopic (exact) mass is 557 g/mol. The predicted octanol–water partition coefficient (Wildman–Crippen LogP) is 4.54. The van der Waals surface area contributed by atoms with E-state index in [4.69, 9.17) is 4.74 Å². The van der Waals surface area contributed by atoms with E-state index in [1.54, 1.807) is 36.1 Å². The Balaban J connectivity index is 1.66. The maximum absolute atomic E-state index is 13.4. The number of ether oxygens (including phenoxy) is 1. The van der Waals surface area contributed by atoms with Gasteiger partial charge in [-0.05, 0) is 69.4 Å². The van der Waals surface area contributed by atoms with Gasteiger partial charge < -0.3 is 15.0 Å². The Morgan fingerprint density at radius 1 is 1.00 bits per heavy atom. The van der Waals surface area contributed by atoms with Gasteiger partial charge in [0.2, 0.25) is 21.8 Å². The van der Waals surface area contributed by atoms with Crippen molar-refractivity contribution in [3.05, 3.63) is 60.2 Å². The van der Waals surface area contributed by atoms with E-state index in [2.05, 4.69) is 5.32 Å². The quantitative estimate of drug-likeness (QED) is 0.368. The molecule has 1 atom stereocenters. The molecule has 1 aliphatic rings. The third kappa shape index (κ3) is 9.56. The van der Waals surface area contributed by atoms with Crippen molar-refractivity contribution in [1.82, 2.24) is 10.2 Å². The van der Waals surface area contributed by atoms with Gasteiger partial charge in [0, 0.05) is 25.6 Å². The highest BCUT2D eigenvalue weighted by Crippen LogP contribution is 2.23. The van der Waals surface area contributed by atoms with Crippen molar-refractivity contribution >= 4 is 27.5 Å². The molecule has 214 valence electrons. The first-order valence-electron chi connectivity index (χ1n) is 14.0. The largest absolute Gasteiger partial charge is 0.494 e. The van der Waals surface area contributed by atoms with Gasteiger partial charge in [0.05, 0.1) is 18.6 Å². The van der Waals surface area contributed by atoms with Gasteiger partial charge in [-0.3, -0.25) is 13.9 Å². The average Bonchev–Trinajstić information content (AvgIpc) is 2.92. The molecule has 0 bridgehead atoms. The summed E-state index contributed by atoms with van der Waals surface area (Å²) in [6.07, 6.45) is 7.64. The second kappa shape index (κ2) is 14.9. The number of carbonyl (C=O) groups excluding carboxylic acids is 2. The van der Waals surface area contributed by atoms with Gasteiger partial charge in [0.25, 0.3) is 0 Å². The van der Waals surface area contributed by atoms with Crippen LogP contribution in [0.15, 0.2) is 54.6 Å². The lowest BCUT2D eigenvalue weighted by Crippen LogP contribution is -2.51. The van der Waals surface area contributed by atoms with E-state index in [9.17, 15) is 18.0 Å². The molecule has 8 nitrogen and oxygen atoms in total. The summed E-state index contributed by atoms with van der Waals surface area (Å²) in [6, 6.07) is 16.3.